The molecule has 0 aromatic carbocycles. The zero-order valence-electron chi connectivity index (χ0n) is 56.4. The van der Waals surface area contributed by atoms with Crippen LogP contribution in [0.4, 0.5) is 0 Å². The number of nitrogens with zero attached hydrogens (tertiary/aromatic N) is 12. The molecule has 0 radical (unpaired) electrons. The minimum Gasteiger partial charge on any atom is -0.234 e. The predicted octanol–water partition coefficient (Wildman–Crippen LogP) is 25.6. The molecule has 24 heteroatoms. The Kier molecular flexibility index (Phi) is 22.4. The molecule has 12 aromatic heterocycles. The maximum absolute atomic E-state index is 6.04. The summed E-state index contributed by atoms with van der Waals surface area (Å²) in [7, 11) is 0. The average Bonchev–Trinajstić information content (AvgIpc) is 1.60. The fraction of sp³-hybridized carbons (Fsp3) is 0.241. The van der Waals surface area contributed by atoms with Crippen LogP contribution >= 0.6 is 139 Å². The summed E-state index contributed by atoms with van der Waals surface area (Å²) in [6.07, 6.45) is 7.39. The van der Waals surface area contributed by atoms with Gasteiger partial charge in [-0.1, -0.05) is 273 Å². The Morgan fingerprint density at radius 2 is 0.534 bits per heavy atom. The van der Waals surface area contributed by atoms with Crippen LogP contribution < -0.4 is 0 Å². The van der Waals surface area contributed by atoms with Crippen molar-refractivity contribution in [1.82, 2.24) is 59.8 Å². The van der Waals surface area contributed by atoms with Gasteiger partial charge in [0.15, 0.2) is 0 Å². The smallest absolute Gasteiger partial charge is 0.129 e. The van der Waals surface area contributed by atoms with Gasteiger partial charge in [0.05, 0.1) is 68.3 Å². The highest BCUT2D eigenvalue weighted by Gasteiger charge is 2.43. The summed E-state index contributed by atoms with van der Waals surface area (Å²) in [5, 5.41) is 5.90. The topological polar surface area (TPSA) is 155 Å². The van der Waals surface area contributed by atoms with Crippen LogP contribution in [0.2, 0.25) is 61.8 Å². The second-order valence-electron chi connectivity index (χ2n) is 25.8. The lowest BCUT2D eigenvalue weighted by atomic mass is 9.74. The molecule has 0 N–H and O–H groups in total. The largest absolute Gasteiger partial charge is 0.234 e. The minimum absolute atomic E-state index is 0.0140. The molecule has 0 fully saturated rings. The van der Waals surface area contributed by atoms with E-state index in [1.54, 1.807) is 12.1 Å². The monoisotopic (exact) mass is 1600 g/mol. The van der Waals surface area contributed by atoms with E-state index in [4.69, 9.17) is 139 Å². The molecule has 0 atom stereocenters. The standard InChI is InChI=1S/2C15H14Cl2N2.2C13H10Cl2N2.C12H8Cl2N2.C11H6Cl2N2/c1-3-15(4-2)9-5-7-11(16)18-13(9)14-10(15)6-8-12(17)19-14;1-2-3-4-9-10-5-7-12(16)18-14(10)15-11(9)6-8-13(17)19-15;1-13(2)7-3-5-9(14)16-11(7)12-8(13)4-6-10(15)17-12;1-2-7-8-3-5-10(14)16-12(8)13-9(7)4-6-11(15)17-13;1-6-7-2-4-9(13)15-11(7)12-8(6)3-5-10(14)16-12;12-8-3-1-6-5-7-2-4-9(13)15-11(7)10(6)14-8/h5-8H,3-4H2,1-2H3;5-9H,2-4H2,1H3;3-6H,1-2H3;3-7H,2H2,1H3;2-6H,1H3;1-4H,5H2. The van der Waals surface area contributed by atoms with Gasteiger partial charge < -0.3 is 0 Å². The van der Waals surface area contributed by atoms with Crippen LogP contribution in [0.3, 0.4) is 0 Å². The highest BCUT2D eigenvalue weighted by molar-refractivity contribution is 6.33. The molecule has 12 nitrogen and oxygen atoms in total. The molecule has 103 heavy (non-hydrogen) atoms. The molecule has 12 aromatic rings. The Morgan fingerprint density at radius 1 is 0.291 bits per heavy atom. The zero-order valence-corrected chi connectivity index (χ0v) is 65.5. The predicted molar refractivity (Wildman–Crippen MR) is 422 cm³/mol. The van der Waals surface area contributed by atoms with Crippen molar-refractivity contribution in [3.63, 3.8) is 0 Å². The van der Waals surface area contributed by atoms with Gasteiger partial charge in [-0.15, -0.1) is 0 Å². The van der Waals surface area contributed by atoms with Crippen molar-refractivity contribution in [3.8, 4) is 68.3 Å². The molecule has 0 spiro atoms. The van der Waals surface area contributed by atoms with Gasteiger partial charge in [0.25, 0.3) is 0 Å². The van der Waals surface area contributed by atoms with Crippen LogP contribution in [0.1, 0.15) is 172 Å². The first-order valence-electron chi connectivity index (χ1n) is 33.4. The van der Waals surface area contributed by atoms with Crippen molar-refractivity contribution in [1.29, 1.82) is 0 Å². The van der Waals surface area contributed by atoms with Crippen LogP contribution in [0, 0.1) is 0 Å². The van der Waals surface area contributed by atoms with Crippen molar-refractivity contribution >= 4 is 139 Å². The number of pyridine rings is 12. The SMILES string of the molecule is CC1(C)c2ccc(Cl)nc2-c2nc(Cl)ccc21.CC1c2ccc(Cl)nc2-c2nc(Cl)ccc21.CCC1(CC)c2ccc(Cl)nc2-c2nc(Cl)ccc21.CCC1c2ccc(Cl)nc2-c2nc(Cl)ccc21.CCCCC1c2ccc(Cl)nc2-c2nc(Cl)ccc21.Clc1ccc2c(n1)-c1nc(Cl)ccc1C2. The minimum atomic E-state index is -0.0974. The van der Waals surface area contributed by atoms with Crippen molar-refractivity contribution in [3.05, 3.63) is 274 Å². The van der Waals surface area contributed by atoms with Crippen LogP contribution in [0.5, 0.6) is 0 Å². The summed E-state index contributed by atoms with van der Waals surface area (Å²) >= 11 is 71.4. The fourth-order valence-electron chi connectivity index (χ4n) is 14.7. The molecular formula is C79H62Cl12N12. The molecule has 522 valence electrons. The Morgan fingerprint density at radius 3 is 0.835 bits per heavy atom. The zero-order chi connectivity index (χ0) is 72.9. The van der Waals surface area contributed by atoms with Gasteiger partial charge in [-0.2, -0.15) is 0 Å². The molecule has 12 heterocycles. The second kappa shape index (κ2) is 31.0. The molecule has 0 aliphatic heterocycles. The van der Waals surface area contributed by atoms with E-state index in [0.29, 0.717) is 79.6 Å². The van der Waals surface area contributed by atoms with Crippen LogP contribution in [0.15, 0.2) is 146 Å². The molecule has 6 aliphatic rings. The van der Waals surface area contributed by atoms with E-state index in [-0.39, 0.29) is 10.8 Å². The highest BCUT2D eigenvalue weighted by Crippen LogP contribution is 2.53. The summed E-state index contributed by atoms with van der Waals surface area (Å²) in [4.78, 5) is 52.6. The third-order valence-electron chi connectivity index (χ3n) is 19.7. The number of rotatable bonds is 6. The lowest BCUT2D eigenvalue weighted by molar-refractivity contribution is 0.489. The molecule has 0 saturated carbocycles. The molecular weight excluding hydrogens is 1540 g/mol. The number of hydrogen-bond donors (Lipinski definition) is 0. The van der Waals surface area contributed by atoms with Crippen molar-refractivity contribution < 1.29 is 0 Å². The van der Waals surface area contributed by atoms with Crippen LogP contribution in [-0.4, -0.2) is 59.8 Å². The first-order valence-corrected chi connectivity index (χ1v) is 38.0. The summed E-state index contributed by atoms with van der Waals surface area (Å²) < 4.78 is 0. The molecule has 0 amide bonds. The van der Waals surface area contributed by atoms with Crippen molar-refractivity contribution in [2.24, 2.45) is 0 Å². The highest BCUT2D eigenvalue weighted by atomic mass is 35.5. The quantitative estimate of drug-likeness (QED) is 0.146. The number of aromatic nitrogens is 12. The third-order valence-corrected chi connectivity index (χ3v) is 22.2. The van der Waals surface area contributed by atoms with E-state index in [2.05, 4.69) is 133 Å². The summed E-state index contributed by atoms with van der Waals surface area (Å²) in [6.45, 7) is 15.2. The van der Waals surface area contributed by atoms with Crippen LogP contribution in [-0.2, 0) is 17.3 Å². The molecule has 0 unspecified atom stereocenters. The van der Waals surface area contributed by atoms with Crippen LogP contribution in [0.25, 0.3) is 68.3 Å². The number of halogens is 12. The van der Waals surface area contributed by atoms with E-state index >= 15 is 0 Å². The first-order chi connectivity index (χ1) is 49.4. The normalized spacial score (nSPS) is 14.0. The average molecular weight is 1600 g/mol. The van der Waals surface area contributed by atoms with Gasteiger partial charge in [0, 0.05) is 35.0 Å². The summed E-state index contributed by atoms with van der Waals surface area (Å²) in [5.74, 6) is 1.04. The Labute approximate surface area is 657 Å². The number of hydrogen-bond acceptors (Lipinski definition) is 12. The lowest BCUT2D eigenvalue weighted by Gasteiger charge is -2.28. The van der Waals surface area contributed by atoms with E-state index in [0.717, 1.165) is 134 Å². The maximum atomic E-state index is 6.04. The third kappa shape index (κ3) is 14.7. The molecule has 0 saturated heterocycles. The van der Waals surface area contributed by atoms with Gasteiger partial charge >= 0.3 is 0 Å². The molecule has 6 aliphatic carbocycles. The first kappa shape index (κ1) is 74.5. The van der Waals surface area contributed by atoms with Gasteiger partial charge in [-0.25, -0.2) is 59.8 Å². The maximum Gasteiger partial charge on any atom is 0.129 e. The number of fused-ring (bicyclic) bond motifs is 18. The Balaban J connectivity index is 0.000000110. The summed E-state index contributed by atoms with van der Waals surface area (Å²) in [5.41, 5.74) is 24.5. The van der Waals surface area contributed by atoms with E-state index < -0.39 is 0 Å². The second-order valence-corrected chi connectivity index (χ2v) is 30.5. The van der Waals surface area contributed by atoms with E-state index in [9.17, 15) is 0 Å². The lowest BCUT2D eigenvalue weighted by Crippen LogP contribution is -2.23. The van der Waals surface area contributed by atoms with Gasteiger partial charge in [0.2, 0.25) is 0 Å². The van der Waals surface area contributed by atoms with E-state index in [1.807, 2.05) is 109 Å². The van der Waals surface area contributed by atoms with Gasteiger partial charge in [-0.05, 0) is 165 Å². The molecule has 18 rings (SSSR count). The van der Waals surface area contributed by atoms with Gasteiger partial charge in [-0.3, -0.25) is 0 Å². The molecule has 0 bridgehead atoms. The Bertz CT molecular complexity index is 4990. The Hall–Kier alpha value is -6.72. The van der Waals surface area contributed by atoms with E-state index in [1.165, 1.54) is 46.2 Å². The number of unbranched alkanes of at least 4 members (excludes halogenated alkanes) is 1. The van der Waals surface area contributed by atoms with Gasteiger partial charge in [0.1, 0.15) is 61.8 Å². The summed E-state index contributed by atoms with van der Waals surface area (Å²) in [6, 6.07) is 46.3. The fourth-order valence-corrected chi connectivity index (χ4v) is 16.4. The van der Waals surface area contributed by atoms with Crippen molar-refractivity contribution in [2.45, 2.75) is 122 Å². The van der Waals surface area contributed by atoms with Crippen molar-refractivity contribution in [2.75, 3.05) is 0 Å².